The SMILES string of the molecule is CC(C)(C)OC(=O)NC1CCN(c2cnc3nnn(Cc4ccc5ncccc5c4)c3n2)CC1. The Bertz CT molecular complexity index is 1320. The molecular formula is C24H28N8O2. The fourth-order valence-corrected chi connectivity index (χ4v) is 4.13. The number of hydrogen-bond donors (Lipinski definition) is 1. The summed E-state index contributed by atoms with van der Waals surface area (Å²) in [5.74, 6) is 0.787. The molecule has 1 fully saturated rings. The molecule has 0 radical (unpaired) electrons. The quantitative estimate of drug-likeness (QED) is 0.494. The Morgan fingerprint density at radius 1 is 1.18 bits per heavy atom. The highest BCUT2D eigenvalue weighted by molar-refractivity contribution is 5.79. The van der Waals surface area contributed by atoms with E-state index in [4.69, 9.17) is 9.72 Å². The van der Waals surface area contributed by atoms with E-state index in [0.717, 1.165) is 48.2 Å². The summed E-state index contributed by atoms with van der Waals surface area (Å²) in [5.41, 5.74) is 2.72. The van der Waals surface area contributed by atoms with Gasteiger partial charge in [0, 0.05) is 30.7 Å². The molecule has 0 bridgehead atoms. The Hall–Kier alpha value is -3.82. The third-order valence-corrected chi connectivity index (χ3v) is 5.75. The Morgan fingerprint density at radius 2 is 2.00 bits per heavy atom. The molecule has 0 unspecified atom stereocenters. The highest BCUT2D eigenvalue weighted by Gasteiger charge is 2.25. The van der Waals surface area contributed by atoms with Gasteiger partial charge in [0.1, 0.15) is 11.4 Å². The summed E-state index contributed by atoms with van der Waals surface area (Å²) in [6.07, 6.45) is 4.78. The predicted octanol–water partition coefficient (Wildman–Crippen LogP) is 3.31. The van der Waals surface area contributed by atoms with Gasteiger partial charge in [-0.2, -0.15) is 0 Å². The van der Waals surface area contributed by atoms with Gasteiger partial charge in [0.25, 0.3) is 0 Å². The second-order valence-electron chi connectivity index (χ2n) is 9.56. The van der Waals surface area contributed by atoms with E-state index in [9.17, 15) is 4.79 Å². The van der Waals surface area contributed by atoms with Crippen molar-refractivity contribution in [1.29, 1.82) is 0 Å². The number of benzene rings is 1. The maximum Gasteiger partial charge on any atom is 0.407 e. The van der Waals surface area contributed by atoms with Gasteiger partial charge in [-0.1, -0.05) is 17.3 Å². The Morgan fingerprint density at radius 3 is 2.79 bits per heavy atom. The molecule has 3 aromatic heterocycles. The number of piperidine rings is 1. The lowest BCUT2D eigenvalue weighted by Crippen LogP contribution is -2.46. The molecule has 5 rings (SSSR count). The van der Waals surface area contributed by atoms with E-state index < -0.39 is 5.60 Å². The molecule has 1 aromatic carbocycles. The highest BCUT2D eigenvalue weighted by Crippen LogP contribution is 2.21. The van der Waals surface area contributed by atoms with Crippen LogP contribution in [0.4, 0.5) is 10.6 Å². The van der Waals surface area contributed by atoms with Crippen molar-refractivity contribution >= 4 is 34.1 Å². The molecule has 1 saturated heterocycles. The number of ether oxygens (including phenoxy) is 1. The minimum absolute atomic E-state index is 0.0809. The van der Waals surface area contributed by atoms with E-state index in [1.165, 1.54) is 0 Å². The summed E-state index contributed by atoms with van der Waals surface area (Å²) in [4.78, 5) is 27.9. The van der Waals surface area contributed by atoms with E-state index in [2.05, 4.69) is 36.6 Å². The van der Waals surface area contributed by atoms with Crippen molar-refractivity contribution in [3.05, 3.63) is 48.3 Å². The van der Waals surface area contributed by atoms with Crippen LogP contribution in [0.2, 0.25) is 0 Å². The molecule has 0 spiro atoms. The van der Waals surface area contributed by atoms with Crippen molar-refractivity contribution in [2.75, 3.05) is 18.0 Å². The van der Waals surface area contributed by atoms with E-state index >= 15 is 0 Å². The molecule has 10 heteroatoms. The monoisotopic (exact) mass is 460 g/mol. The number of nitrogens with one attached hydrogen (secondary N) is 1. The number of carbonyl (C=O) groups is 1. The van der Waals surface area contributed by atoms with Gasteiger partial charge in [0.2, 0.25) is 5.65 Å². The number of carbonyl (C=O) groups excluding carboxylic acids is 1. The fraction of sp³-hybridized carbons (Fsp3) is 0.417. The van der Waals surface area contributed by atoms with Crippen LogP contribution in [0.5, 0.6) is 0 Å². The molecule has 1 N–H and O–H groups in total. The van der Waals surface area contributed by atoms with Gasteiger partial charge in [0.05, 0.1) is 18.3 Å². The van der Waals surface area contributed by atoms with Crippen LogP contribution in [0.25, 0.3) is 22.2 Å². The summed E-state index contributed by atoms with van der Waals surface area (Å²) in [5, 5.41) is 12.5. The van der Waals surface area contributed by atoms with Crippen molar-refractivity contribution in [2.24, 2.45) is 0 Å². The molecule has 176 valence electrons. The largest absolute Gasteiger partial charge is 0.444 e. The van der Waals surface area contributed by atoms with Crippen LogP contribution >= 0.6 is 0 Å². The van der Waals surface area contributed by atoms with Gasteiger partial charge < -0.3 is 15.0 Å². The number of fused-ring (bicyclic) bond motifs is 2. The molecular weight excluding hydrogens is 432 g/mol. The van der Waals surface area contributed by atoms with E-state index in [-0.39, 0.29) is 12.1 Å². The number of amides is 1. The van der Waals surface area contributed by atoms with E-state index in [1.807, 2.05) is 45.0 Å². The Labute approximate surface area is 197 Å². The number of rotatable bonds is 4. The third kappa shape index (κ3) is 4.90. The minimum Gasteiger partial charge on any atom is -0.444 e. The summed E-state index contributed by atoms with van der Waals surface area (Å²) in [6, 6.07) is 10.2. The molecule has 0 saturated carbocycles. The molecule has 1 amide bonds. The van der Waals surface area contributed by atoms with Gasteiger partial charge in [-0.15, -0.1) is 5.10 Å². The van der Waals surface area contributed by atoms with Crippen LogP contribution in [0.1, 0.15) is 39.2 Å². The van der Waals surface area contributed by atoms with Crippen LogP contribution in [0, 0.1) is 0 Å². The summed E-state index contributed by atoms with van der Waals surface area (Å²) >= 11 is 0. The average molecular weight is 461 g/mol. The lowest BCUT2D eigenvalue weighted by molar-refractivity contribution is 0.0497. The Balaban J connectivity index is 1.27. The maximum atomic E-state index is 12.1. The molecule has 0 aliphatic carbocycles. The van der Waals surface area contributed by atoms with Gasteiger partial charge in [-0.25, -0.2) is 19.4 Å². The second-order valence-corrected chi connectivity index (χ2v) is 9.56. The van der Waals surface area contributed by atoms with E-state index in [0.29, 0.717) is 17.8 Å². The summed E-state index contributed by atoms with van der Waals surface area (Å²) in [6.45, 7) is 7.66. The van der Waals surface area contributed by atoms with Crippen LogP contribution < -0.4 is 10.2 Å². The topological polar surface area (TPSA) is 111 Å². The second kappa shape index (κ2) is 8.85. The molecule has 0 atom stereocenters. The zero-order valence-electron chi connectivity index (χ0n) is 19.6. The van der Waals surface area contributed by atoms with Crippen molar-refractivity contribution < 1.29 is 9.53 Å². The summed E-state index contributed by atoms with van der Waals surface area (Å²) < 4.78 is 7.15. The number of hydrogen-bond acceptors (Lipinski definition) is 8. The van der Waals surface area contributed by atoms with Crippen LogP contribution in [-0.2, 0) is 11.3 Å². The highest BCUT2D eigenvalue weighted by atomic mass is 16.6. The number of aromatic nitrogens is 6. The van der Waals surface area contributed by atoms with Crippen LogP contribution in [0.3, 0.4) is 0 Å². The van der Waals surface area contributed by atoms with Gasteiger partial charge >= 0.3 is 6.09 Å². The standard InChI is InChI=1S/C24H28N8O2/c1-24(2,3)34-23(33)27-18-8-11-31(12-9-18)20-14-26-21-22(28-20)32(30-29-21)15-16-6-7-19-17(13-16)5-4-10-25-19/h4-7,10,13-14,18H,8-9,11-12,15H2,1-3H3,(H,27,33). The number of pyridine rings is 1. The molecule has 10 nitrogen and oxygen atoms in total. The zero-order valence-corrected chi connectivity index (χ0v) is 19.6. The zero-order chi connectivity index (χ0) is 23.7. The minimum atomic E-state index is -0.503. The average Bonchev–Trinajstić information content (AvgIpc) is 3.20. The molecule has 4 aromatic rings. The Kier molecular flexibility index (Phi) is 5.72. The lowest BCUT2D eigenvalue weighted by Gasteiger charge is -2.33. The normalized spacial score (nSPS) is 15.1. The van der Waals surface area contributed by atoms with Crippen molar-refractivity contribution in [1.82, 2.24) is 35.3 Å². The predicted molar refractivity (Wildman–Crippen MR) is 129 cm³/mol. The van der Waals surface area contributed by atoms with Crippen molar-refractivity contribution in [3.63, 3.8) is 0 Å². The first kappa shape index (κ1) is 22.0. The lowest BCUT2D eigenvalue weighted by atomic mass is 10.1. The third-order valence-electron chi connectivity index (χ3n) is 5.75. The maximum absolute atomic E-state index is 12.1. The van der Waals surface area contributed by atoms with Crippen LogP contribution in [-0.4, -0.2) is 60.8 Å². The number of nitrogens with zero attached hydrogens (tertiary/aromatic N) is 7. The first-order chi connectivity index (χ1) is 16.3. The van der Waals surface area contributed by atoms with Gasteiger partial charge in [-0.3, -0.25) is 4.98 Å². The fourth-order valence-electron chi connectivity index (χ4n) is 4.13. The number of anilines is 1. The first-order valence-corrected chi connectivity index (χ1v) is 11.5. The molecule has 34 heavy (non-hydrogen) atoms. The van der Waals surface area contributed by atoms with E-state index in [1.54, 1.807) is 17.1 Å². The van der Waals surface area contributed by atoms with Crippen molar-refractivity contribution in [2.45, 2.75) is 51.8 Å². The van der Waals surface area contributed by atoms with Crippen molar-refractivity contribution in [3.8, 4) is 0 Å². The smallest absolute Gasteiger partial charge is 0.407 e. The number of alkyl carbamates (subject to hydrolysis) is 1. The van der Waals surface area contributed by atoms with Gasteiger partial charge in [-0.05, 0) is 57.4 Å². The molecule has 1 aliphatic heterocycles. The molecule has 1 aliphatic rings. The molecule has 4 heterocycles. The van der Waals surface area contributed by atoms with Crippen LogP contribution in [0.15, 0.2) is 42.7 Å². The van der Waals surface area contributed by atoms with Gasteiger partial charge in [0.15, 0.2) is 5.65 Å². The summed E-state index contributed by atoms with van der Waals surface area (Å²) in [7, 11) is 0. The first-order valence-electron chi connectivity index (χ1n) is 11.5.